The molecule has 21 heavy (non-hydrogen) atoms. The van der Waals surface area contributed by atoms with Crippen molar-refractivity contribution in [2.75, 3.05) is 5.32 Å². The number of nitrogens with zero attached hydrogens (tertiary/aromatic N) is 2. The maximum absolute atomic E-state index is 5.51. The Kier molecular flexibility index (Phi) is 3.66. The number of para-hydroxylation sites is 1. The van der Waals surface area contributed by atoms with Crippen molar-refractivity contribution < 1.29 is 0 Å². The van der Waals surface area contributed by atoms with Crippen LogP contribution in [0.5, 0.6) is 0 Å². The lowest BCUT2D eigenvalue weighted by Crippen LogP contribution is -2.22. The van der Waals surface area contributed by atoms with Gasteiger partial charge in [-0.05, 0) is 24.3 Å². The first-order valence-electron chi connectivity index (χ1n) is 6.49. The number of rotatable bonds is 3. The van der Waals surface area contributed by atoms with Gasteiger partial charge in [-0.1, -0.05) is 43.1 Å². The number of anilines is 1. The van der Waals surface area contributed by atoms with Crippen LogP contribution in [0.15, 0.2) is 54.7 Å². The van der Waals surface area contributed by atoms with Gasteiger partial charge in [-0.2, -0.15) is 0 Å². The minimum Gasteiger partial charge on any atom is -0.346 e. The summed E-state index contributed by atoms with van der Waals surface area (Å²) in [6, 6.07) is 15.6. The van der Waals surface area contributed by atoms with E-state index >= 15 is 0 Å². The van der Waals surface area contributed by atoms with E-state index in [-0.39, 0.29) is 0 Å². The second-order valence-corrected chi connectivity index (χ2v) is 4.87. The first kappa shape index (κ1) is 13.3. The van der Waals surface area contributed by atoms with E-state index in [0.29, 0.717) is 4.64 Å². The summed E-state index contributed by atoms with van der Waals surface area (Å²) in [5.74, 6) is 0.763. The summed E-state index contributed by atoms with van der Waals surface area (Å²) in [4.78, 5) is 4.20. The van der Waals surface area contributed by atoms with Crippen LogP contribution in [0.2, 0.25) is 0 Å². The van der Waals surface area contributed by atoms with Crippen molar-refractivity contribution in [3.05, 3.63) is 69.9 Å². The molecule has 0 bridgehead atoms. The fraction of sp³-hybridized carbons (Fsp3) is 0. The van der Waals surface area contributed by atoms with Crippen molar-refractivity contribution in [1.82, 2.24) is 14.8 Å². The van der Waals surface area contributed by atoms with Crippen LogP contribution in [-0.2, 0) is 0 Å². The highest BCUT2D eigenvalue weighted by Crippen LogP contribution is 2.03. The second kappa shape index (κ2) is 5.76. The minimum absolute atomic E-state index is 0.676. The molecule has 0 fully saturated rings. The van der Waals surface area contributed by atoms with Crippen molar-refractivity contribution in [2.45, 2.75) is 0 Å². The molecule has 0 aliphatic heterocycles. The maximum atomic E-state index is 5.51. The number of hydrogen-bond donors (Lipinski definition) is 2. The summed E-state index contributed by atoms with van der Waals surface area (Å²) in [5.41, 5.74) is 0.977. The zero-order valence-electron chi connectivity index (χ0n) is 11.3. The number of hydrogen-bond acceptors (Lipinski definition) is 3. The van der Waals surface area contributed by atoms with Crippen LogP contribution in [-0.4, -0.2) is 14.8 Å². The van der Waals surface area contributed by atoms with E-state index in [1.54, 1.807) is 6.20 Å². The lowest BCUT2D eigenvalue weighted by molar-refractivity contribution is 0.857. The molecule has 0 unspecified atom stereocenters. The van der Waals surface area contributed by atoms with Gasteiger partial charge in [0.2, 0.25) is 0 Å². The van der Waals surface area contributed by atoms with Gasteiger partial charge in [-0.3, -0.25) is 5.10 Å². The van der Waals surface area contributed by atoms with Gasteiger partial charge in [-0.15, -0.1) is 0 Å². The van der Waals surface area contributed by atoms with E-state index in [1.165, 1.54) is 0 Å². The smallest absolute Gasteiger partial charge is 0.136 e. The molecule has 3 aromatic rings. The maximum Gasteiger partial charge on any atom is 0.136 e. The molecular weight excluding hydrogens is 280 g/mol. The molecule has 0 atom stereocenters. The van der Waals surface area contributed by atoms with E-state index in [9.17, 15) is 0 Å². The fourth-order valence-electron chi connectivity index (χ4n) is 2.00. The molecule has 0 saturated carbocycles. The number of benzene rings is 1. The summed E-state index contributed by atoms with van der Waals surface area (Å²) in [6.45, 7) is 4.01. The first-order valence-corrected chi connectivity index (χ1v) is 6.90. The summed E-state index contributed by atoms with van der Waals surface area (Å²) < 4.78 is 2.51. The molecule has 0 amide bonds. The molecular formula is C16H14N4S. The van der Waals surface area contributed by atoms with Gasteiger partial charge < -0.3 is 5.32 Å². The average molecular weight is 294 g/mol. The van der Waals surface area contributed by atoms with Gasteiger partial charge >= 0.3 is 0 Å². The molecule has 104 valence electrons. The fourth-order valence-corrected chi connectivity index (χ4v) is 2.33. The third-order valence-corrected chi connectivity index (χ3v) is 3.45. The number of pyridine rings is 1. The van der Waals surface area contributed by atoms with E-state index in [0.717, 1.165) is 22.1 Å². The molecule has 0 aliphatic rings. The van der Waals surface area contributed by atoms with Crippen LogP contribution in [0.4, 0.5) is 5.82 Å². The Balaban J connectivity index is 2.03. The molecule has 1 aromatic carbocycles. The van der Waals surface area contributed by atoms with Gasteiger partial charge in [-0.25, -0.2) is 9.67 Å². The van der Waals surface area contributed by atoms with Gasteiger partial charge in [0.1, 0.15) is 10.5 Å². The lowest BCUT2D eigenvalue weighted by atomic mass is 10.3. The highest BCUT2D eigenvalue weighted by Gasteiger charge is 2.00. The third-order valence-electron chi connectivity index (χ3n) is 3.05. The Morgan fingerprint density at radius 3 is 2.62 bits per heavy atom. The normalized spacial score (nSPS) is 11.5. The second-order valence-electron chi connectivity index (χ2n) is 4.48. The Bertz CT molecular complexity index is 895. The third kappa shape index (κ3) is 2.78. The van der Waals surface area contributed by atoms with Crippen LogP contribution in [0.3, 0.4) is 0 Å². The number of aromatic amines is 1. The predicted octanol–water partition coefficient (Wildman–Crippen LogP) is 2.19. The van der Waals surface area contributed by atoms with Gasteiger partial charge in [0.25, 0.3) is 0 Å². The molecule has 0 aliphatic carbocycles. The van der Waals surface area contributed by atoms with Gasteiger partial charge in [0, 0.05) is 12.4 Å². The molecule has 0 saturated heterocycles. The number of H-pyrrole nitrogens is 1. The molecule has 3 rings (SSSR count). The first-order chi connectivity index (χ1) is 10.3. The van der Waals surface area contributed by atoms with E-state index in [4.69, 9.17) is 12.2 Å². The van der Waals surface area contributed by atoms with Crippen molar-refractivity contribution in [3.63, 3.8) is 0 Å². The van der Waals surface area contributed by atoms with Crippen molar-refractivity contribution >= 4 is 30.8 Å². The molecule has 2 heterocycles. The summed E-state index contributed by atoms with van der Waals surface area (Å²) in [5, 5.41) is 7.91. The van der Waals surface area contributed by atoms with E-state index in [2.05, 4.69) is 22.0 Å². The van der Waals surface area contributed by atoms with Crippen LogP contribution >= 0.6 is 12.2 Å². The van der Waals surface area contributed by atoms with Crippen LogP contribution in [0, 0.1) is 4.64 Å². The number of nitrogens with one attached hydrogen (secondary N) is 2. The van der Waals surface area contributed by atoms with Crippen molar-refractivity contribution in [3.8, 4) is 5.69 Å². The summed E-state index contributed by atoms with van der Waals surface area (Å²) in [7, 11) is 0. The predicted molar refractivity (Wildman–Crippen MR) is 88.1 cm³/mol. The Morgan fingerprint density at radius 1 is 1.14 bits per heavy atom. The Labute approximate surface area is 127 Å². The Hall–Kier alpha value is -2.66. The number of aromatic nitrogens is 3. The van der Waals surface area contributed by atoms with Gasteiger partial charge in [0.05, 0.1) is 16.3 Å². The summed E-state index contributed by atoms with van der Waals surface area (Å²) >= 11 is 5.51. The summed E-state index contributed by atoms with van der Waals surface area (Å²) in [6.07, 6.45) is 3.56. The Morgan fingerprint density at radius 2 is 1.90 bits per heavy atom. The van der Waals surface area contributed by atoms with E-state index < -0.39 is 0 Å². The molecule has 0 spiro atoms. The quantitative estimate of drug-likeness (QED) is 0.728. The SMILES string of the molecule is C=c1[nH]n(-c2ccccc2)c(=S)/c1=C\Nc1ccccn1. The van der Waals surface area contributed by atoms with Gasteiger partial charge in [0.15, 0.2) is 0 Å². The molecule has 4 nitrogen and oxygen atoms in total. The van der Waals surface area contributed by atoms with Crippen LogP contribution < -0.4 is 15.9 Å². The zero-order chi connectivity index (χ0) is 14.7. The topological polar surface area (TPSA) is 45.6 Å². The average Bonchev–Trinajstić information content (AvgIpc) is 2.82. The molecule has 5 heteroatoms. The largest absolute Gasteiger partial charge is 0.346 e. The zero-order valence-corrected chi connectivity index (χ0v) is 12.1. The molecule has 2 N–H and O–H groups in total. The van der Waals surface area contributed by atoms with Crippen LogP contribution in [0.1, 0.15) is 0 Å². The highest BCUT2D eigenvalue weighted by molar-refractivity contribution is 7.71. The lowest BCUT2D eigenvalue weighted by Gasteiger charge is -2.00. The highest BCUT2D eigenvalue weighted by atomic mass is 32.1. The standard InChI is InChI=1S/C16H14N4S/c1-12-14(11-18-15-9-5-6-10-17-15)16(21)20(19-12)13-7-3-2-4-8-13/h2-11,19H,1H2,(H,17,18)/b14-11-. The van der Waals surface area contributed by atoms with Crippen molar-refractivity contribution in [2.24, 2.45) is 0 Å². The van der Waals surface area contributed by atoms with E-state index in [1.807, 2.05) is 59.4 Å². The van der Waals surface area contributed by atoms with Crippen molar-refractivity contribution in [1.29, 1.82) is 0 Å². The van der Waals surface area contributed by atoms with Crippen LogP contribution in [0.25, 0.3) is 18.5 Å². The minimum atomic E-state index is 0.676. The monoisotopic (exact) mass is 294 g/mol. The molecule has 2 aromatic heterocycles. The molecule has 0 radical (unpaired) electrons.